The Morgan fingerprint density at radius 3 is 1.17 bits per heavy atom. The molecule has 0 N–H and O–H groups in total. The molecule has 9 saturated carbocycles. The Labute approximate surface area is 430 Å². The molecule has 0 aromatic heterocycles. The number of rotatable bonds is 13. The first-order valence-electron chi connectivity index (χ1n) is 32.7. The average molecular weight is 953 g/mol. The van der Waals surface area contributed by atoms with Gasteiger partial charge in [-0.3, -0.25) is 14.7 Å². The first kappa shape index (κ1) is 52.3. The first-order chi connectivity index (χ1) is 33.4. The predicted octanol–water partition coefficient (Wildman–Crippen LogP) is 17.9. The molecule has 10 rings (SSSR count). The Balaban J connectivity index is 0.689. The van der Waals surface area contributed by atoms with Gasteiger partial charge >= 0.3 is 0 Å². The minimum Gasteiger partial charge on any atom is -0.294 e. The second-order valence-electron chi connectivity index (χ2n) is 30.0. The fourth-order valence-electron chi connectivity index (χ4n) is 21.0. The van der Waals surface area contributed by atoms with Crippen LogP contribution in [0.1, 0.15) is 287 Å². The van der Waals surface area contributed by atoms with Crippen LogP contribution in [-0.2, 0) is 0 Å². The second-order valence-corrected chi connectivity index (χ2v) is 30.0. The lowest BCUT2D eigenvalue weighted by molar-refractivity contribution is -0.0171. The van der Waals surface area contributed by atoms with Gasteiger partial charge in [0.15, 0.2) is 0 Å². The first-order valence-corrected chi connectivity index (χ1v) is 32.7. The molecule has 0 radical (unpaired) electrons. The quantitative estimate of drug-likeness (QED) is 0.182. The van der Waals surface area contributed by atoms with Crippen LogP contribution >= 0.6 is 0 Å². The van der Waals surface area contributed by atoms with Crippen molar-refractivity contribution < 1.29 is 0 Å². The molecular weight excluding hydrogens is 835 g/mol. The van der Waals surface area contributed by atoms with Gasteiger partial charge in [0.1, 0.15) is 0 Å². The van der Waals surface area contributed by atoms with Crippen molar-refractivity contribution in [3.8, 4) is 0 Å². The summed E-state index contributed by atoms with van der Waals surface area (Å²) in [6.45, 7) is 20.9. The summed E-state index contributed by atoms with van der Waals surface area (Å²) in [5, 5.41) is 0. The zero-order valence-electron chi connectivity index (χ0n) is 47.4. The molecule has 0 spiro atoms. The molecule has 9 aliphatic carbocycles. The molecule has 0 aromatic rings. The number of fused-ring (bicyclic) bond motifs is 3. The highest BCUT2D eigenvalue weighted by atomic mass is 15.3. The van der Waals surface area contributed by atoms with E-state index in [-0.39, 0.29) is 0 Å². The Kier molecular flexibility index (Phi) is 17.8. The molecule has 3 nitrogen and oxygen atoms in total. The fraction of sp³-hybridized carbons (Fsp3) is 1.00. The molecule has 1 heterocycles. The summed E-state index contributed by atoms with van der Waals surface area (Å²) in [7, 11) is 0. The van der Waals surface area contributed by atoms with E-state index < -0.39 is 0 Å². The van der Waals surface area contributed by atoms with Crippen molar-refractivity contribution in [3.05, 3.63) is 0 Å². The number of hydrogen-bond donors (Lipinski definition) is 0. The van der Waals surface area contributed by atoms with Crippen molar-refractivity contribution in [2.75, 3.05) is 0 Å². The summed E-state index contributed by atoms with van der Waals surface area (Å²) < 4.78 is 0. The van der Waals surface area contributed by atoms with Crippen LogP contribution in [0.5, 0.6) is 0 Å². The molecule has 11 unspecified atom stereocenters. The van der Waals surface area contributed by atoms with E-state index in [4.69, 9.17) is 0 Å². The van der Waals surface area contributed by atoms with Crippen LogP contribution in [-0.4, -0.2) is 69.1 Å². The van der Waals surface area contributed by atoms with Gasteiger partial charge in [-0.1, -0.05) is 81.1 Å². The van der Waals surface area contributed by atoms with Crippen LogP contribution in [0.3, 0.4) is 0 Å². The van der Waals surface area contributed by atoms with Gasteiger partial charge in [-0.25, -0.2) is 0 Å². The average Bonchev–Trinajstić information content (AvgIpc) is 3.60. The molecule has 3 heteroatoms. The lowest BCUT2D eigenvalue weighted by Crippen LogP contribution is -2.55. The van der Waals surface area contributed by atoms with Crippen LogP contribution < -0.4 is 0 Å². The lowest BCUT2D eigenvalue weighted by Gasteiger charge is -2.51. The molecule has 396 valence electrons. The normalized spacial score (nSPS) is 49.4. The SMILES string of the molecule is CC1CCC(N(C2CCC(CCC3CCC(N4C5CCC(C)CC5[C@]5(C)CC(CCC6CCC(N(C7CCC(C)CC7)C7CCC(C)CC7C)CC6)CCC45)CC3)CC2)C2CCC(C)CC2C)CC1. The molecule has 0 bridgehead atoms. The smallest absolute Gasteiger partial charge is 0.0158 e. The maximum absolute atomic E-state index is 3.34. The summed E-state index contributed by atoms with van der Waals surface area (Å²) in [6, 6.07) is 7.98. The van der Waals surface area contributed by atoms with E-state index in [1.54, 1.807) is 51.4 Å². The van der Waals surface area contributed by atoms with Gasteiger partial charge < -0.3 is 0 Å². The number of nitrogens with zero attached hydrogens (tertiary/aromatic N) is 3. The Morgan fingerprint density at radius 1 is 0.362 bits per heavy atom. The van der Waals surface area contributed by atoms with Gasteiger partial charge in [0, 0.05) is 54.4 Å². The van der Waals surface area contributed by atoms with Gasteiger partial charge in [-0.05, 0) is 282 Å². The van der Waals surface area contributed by atoms with Crippen molar-refractivity contribution in [2.24, 2.45) is 76.4 Å². The molecule has 10 aliphatic rings. The van der Waals surface area contributed by atoms with E-state index in [2.05, 4.69) is 70.1 Å². The summed E-state index contributed by atoms with van der Waals surface area (Å²) in [4.78, 5) is 9.82. The maximum atomic E-state index is 3.34. The van der Waals surface area contributed by atoms with E-state index >= 15 is 0 Å². The summed E-state index contributed by atoms with van der Waals surface area (Å²) in [6.07, 6.45) is 54.4. The highest BCUT2D eigenvalue weighted by molar-refractivity contribution is 5.13. The maximum Gasteiger partial charge on any atom is 0.0158 e. The molecular formula is C66H117N3. The van der Waals surface area contributed by atoms with Gasteiger partial charge in [-0.15, -0.1) is 0 Å². The molecule has 69 heavy (non-hydrogen) atoms. The van der Waals surface area contributed by atoms with Crippen LogP contribution in [0.2, 0.25) is 0 Å². The van der Waals surface area contributed by atoms with E-state index in [0.717, 1.165) is 125 Å². The molecule has 0 aromatic carbocycles. The van der Waals surface area contributed by atoms with Crippen molar-refractivity contribution in [2.45, 2.75) is 341 Å². The van der Waals surface area contributed by atoms with E-state index in [0.29, 0.717) is 5.41 Å². The van der Waals surface area contributed by atoms with Crippen molar-refractivity contribution in [3.63, 3.8) is 0 Å². The summed E-state index contributed by atoms with van der Waals surface area (Å²) >= 11 is 0. The van der Waals surface area contributed by atoms with Crippen LogP contribution in [0.15, 0.2) is 0 Å². The highest BCUT2D eigenvalue weighted by Crippen LogP contribution is 2.61. The number of likely N-dealkylation sites (tertiary alicyclic amines) is 1. The molecule has 12 atom stereocenters. The zero-order chi connectivity index (χ0) is 47.8. The lowest BCUT2D eigenvalue weighted by atomic mass is 9.58. The monoisotopic (exact) mass is 952 g/mol. The van der Waals surface area contributed by atoms with E-state index in [9.17, 15) is 0 Å². The zero-order valence-corrected chi connectivity index (χ0v) is 47.4. The molecule has 0 amide bonds. The molecule has 10 fully saturated rings. The van der Waals surface area contributed by atoms with Gasteiger partial charge in [-0.2, -0.15) is 0 Å². The topological polar surface area (TPSA) is 9.72 Å². The second kappa shape index (κ2) is 23.4. The van der Waals surface area contributed by atoms with Crippen LogP contribution in [0.4, 0.5) is 0 Å². The van der Waals surface area contributed by atoms with Crippen molar-refractivity contribution >= 4 is 0 Å². The minimum atomic E-state index is 0.570. The number of hydrogen-bond acceptors (Lipinski definition) is 3. The van der Waals surface area contributed by atoms with Gasteiger partial charge in [0.2, 0.25) is 0 Å². The largest absolute Gasteiger partial charge is 0.294 e. The van der Waals surface area contributed by atoms with Crippen LogP contribution in [0, 0.1) is 76.4 Å². The standard InChI is InChI=1S/C66H117N3/c1-45-9-27-56(28-10-45)67(62-37-13-47(3)41-50(62)6)58-31-20-52(21-32-58)16-17-53-24-35-60(36-25-53)69-64-39-15-49(5)43-61(64)66(8)44-55(26-40-65(66)69)19-18-54-22-33-59(34-23-54)68(57-29-11-46(2)12-30-57)63-38-14-48(4)42-51(63)7/h45-65H,9-44H2,1-8H3/t45?,46?,47?,48?,49?,50?,51?,52?,53?,54?,55?,56?,57?,58?,59?,60?,61?,62?,63?,64?,65?,66-/m0/s1. The van der Waals surface area contributed by atoms with Crippen molar-refractivity contribution in [1.82, 2.24) is 14.7 Å². The Morgan fingerprint density at radius 2 is 0.725 bits per heavy atom. The predicted molar refractivity (Wildman–Crippen MR) is 296 cm³/mol. The van der Waals surface area contributed by atoms with Crippen molar-refractivity contribution in [1.29, 1.82) is 0 Å². The van der Waals surface area contributed by atoms with E-state index in [1.165, 1.54) is 180 Å². The third kappa shape index (κ3) is 12.0. The van der Waals surface area contributed by atoms with Gasteiger partial charge in [0.25, 0.3) is 0 Å². The summed E-state index contributed by atoms with van der Waals surface area (Å²) in [5.74, 6) is 11.6. The third-order valence-corrected chi connectivity index (χ3v) is 25.0. The van der Waals surface area contributed by atoms with Crippen LogP contribution in [0.25, 0.3) is 0 Å². The van der Waals surface area contributed by atoms with E-state index in [1.807, 2.05) is 0 Å². The Hall–Kier alpha value is -0.120. The highest BCUT2D eigenvalue weighted by Gasteiger charge is 2.60. The molecule has 1 aliphatic heterocycles. The third-order valence-electron chi connectivity index (χ3n) is 25.0. The Bertz CT molecular complexity index is 1540. The van der Waals surface area contributed by atoms with Gasteiger partial charge in [0.05, 0.1) is 0 Å². The minimum absolute atomic E-state index is 0.570. The molecule has 1 saturated heterocycles. The summed E-state index contributed by atoms with van der Waals surface area (Å²) in [5.41, 5.74) is 0.570. The fourth-order valence-corrected chi connectivity index (χ4v) is 21.0.